The average molecular weight is 334 g/mol. The van der Waals surface area contributed by atoms with E-state index < -0.39 is 4.32 Å². The normalized spacial score (nSPS) is 13.5. The van der Waals surface area contributed by atoms with E-state index in [1.807, 2.05) is 60.7 Å². The summed E-state index contributed by atoms with van der Waals surface area (Å²) in [5.41, 5.74) is 4.36. The highest BCUT2D eigenvalue weighted by Gasteiger charge is 2.32. The van der Waals surface area contributed by atoms with Gasteiger partial charge in [-0.2, -0.15) is 0 Å². The van der Waals surface area contributed by atoms with E-state index in [2.05, 4.69) is 21.4 Å². The molecule has 4 heteroatoms. The minimum absolute atomic E-state index is 0.236. The van der Waals surface area contributed by atoms with Crippen LogP contribution in [0.1, 0.15) is 18.1 Å². The van der Waals surface area contributed by atoms with Crippen LogP contribution in [0.15, 0.2) is 60.7 Å². The van der Waals surface area contributed by atoms with Gasteiger partial charge in [-0.15, -0.1) is 0 Å². The minimum Gasteiger partial charge on any atom is -0.271 e. The standard InChI is InChI=1S/C16H16BrNO2/c1-16(17,14-10-6-3-7-11-14)15(19)18-20-12-13-8-4-2-5-9-13/h2-11H,12H2,1H3,(H,18,19). The molecule has 0 aliphatic carbocycles. The second-order valence-corrected chi connectivity index (χ2v) is 6.16. The number of nitrogens with one attached hydrogen (secondary N) is 1. The molecule has 1 N–H and O–H groups in total. The fraction of sp³-hybridized carbons (Fsp3) is 0.188. The second kappa shape index (κ2) is 6.68. The number of alkyl halides is 1. The monoisotopic (exact) mass is 333 g/mol. The van der Waals surface area contributed by atoms with Crippen molar-refractivity contribution in [2.24, 2.45) is 0 Å². The summed E-state index contributed by atoms with van der Waals surface area (Å²) in [6, 6.07) is 19.2. The number of hydroxylamine groups is 1. The maximum absolute atomic E-state index is 12.2. The summed E-state index contributed by atoms with van der Waals surface area (Å²) in [4.78, 5) is 17.4. The molecule has 2 rings (SSSR count). The predicted octanol–water partition coefficient (Wildman–Crippen LogP) is 3.54. The first-order valence-corrected chi connectivity index (χ1v) is 7.10. The van der Waals surface area contributed by atoms with Gasteiger partial charge in [-0.1, -0.05) is 76.6 Å². The third-order valence-corrected chi connectivity index (χ3v) is 3.81. The number of benzene rings is 2. The van der Waals surface area contributed by atoms with Crippen molar-refractivity contribution in [2.45, 2.75) is 17.9 Å². The Morgan fingerprint density at radius 3 is 2.25 bits per heavy atom. The SMILES string of the molecule is CC(Br)(C(=O)NOCc1ccccc1)c1ccccc1. The first kappa shape index (κ1) is 14.8. The van der Waals surface area contributed by atoms with Gasteiger partial charge in [-0.25, -0.2) is 5.48 Å². The van der Waals surface area contributed by atoms with Crippen LogP contribution >= 0.6 is 15.9 Å². The average Bonchev–Trinajstić information content (AvgIpc) is 2.49. The zero-order chi connectivity index (χ0) is 14.4. The summed E-state index contributed by atoms with van der Waals surface area (Å²) in [5.74, 6) is -0.236. The summed E-state index contributed by atoms with van der Waals surface area (Å²) in [5, 5.41) is 0. The van der Waals surface area contributed by atoms with Crippen LogP contribution in [0.2, 0.25) is 0 Å². The van der Waals surface area contributed by atoms with E-state index in [4.69, 9.17) is 4.84 Å². The molecule has 3 nitrogen and oxygen atoms in total. The first-order valence-electron chi connectivity index (χ1n) is 6.31. The molecule has 1 unspecified atom stereocenters. The number of carbonyl (C=O) groups is 1. The molecular weight excluding hydrogens is 318 g/mol. The molecule has 0 aromatic heterocycles. The lowest BCUT2D eigenvalue weighted by atomic mass is 10.0. The van der Waals surface area contributed by atoms with Gasteiger partial charge in [-0.3, -0.25) is 9.63 Å². The Bertz CT molecular complexity index is 555. The van der Waals surface area contributed by atoms with E-state index in [0.29, 0.717) is 6.61 Å². The predicted molar refractivity (Wildman–Crippen MR) is 82.1 cm³/mol. The molecule has 1 atom stereocenters. The molecular formula is C16H16BrNO2. The van der Waals surface area contributed by atoms with Gasteiger partial charge in [0.2, 0.25) is 0 Å². The van der Waals surface area contributed by atoms with Crippen molar-refractivity contribution in [2.75, 3.05) is 0 Å². The van der Waals surface area contributed by atoms with E-state index in [1.54, 1.807) is 6.92 Å². The van der Waals surface area contributed by atoms with E-state index in [0.717, 1.165) is 11.1 Å². The van der Waals surface area contributed by atoms with Gasteiger partial charge in [0, 0.05) is 0 Å². The maximum atomic E-state index is 12.2. The molecule has 2 aromatic rings. The number of halogens is 1. The van der Waals surface area contributed by atoms with Crippen LogP contribution in [0.3, 0.4) is 0 Å². The lowest BCUT2D eigenvalue weighted by Crippen LogP contribution is -2.37. The summed E-state index contributed by atoms with van der Waals surface area (Å²) < 4.78 is -0.815. The number of hydrogen-bond donors (Lipinski definition) is 1. The lowest BCUT2D eigenvalue weighted by molar-refractivity contribution is -0.136. The van der Waals surface area contributed by atoms with Crippen LogP contribution in [-0.4, -0.2) is 5.91 Å². The van der Waals surface area contributed by atoms with Crippen LogP contribution in [0, 0.1) is 0 Å². The maximum Gasteiger partial charge on any atom is 0.264 e. The first-order chi connectivity index (χ1) is 9.60. The number of hydrogen-bond acceptors (Lipinski definition) is 2. The van der Waals surface area contributed by atoms with Crippen molar-refractivity contribution in [3.05, 3.63) is 71.8 Å². The Morgan fingerprint density at radius 1 is 1.10 bits per heavy atom. The van der Waals surface area contributed by atoms with E-state index in [-0.39, 0.29) is 5.91 Å². The molecule has 104 valence electrons. The second-order valence-electron chi connectivity index (χ2n) is 4.57. The molecule has 0 saturated carbocycles. The largest absolute Gasteiger partial charge is 0.271 e. The molecule has 0 aliphatic heterocycles. The number of amides is 1. The molecule has 0 aliphatic rings. The smallest absolute Gasteiger partial charge is 0.264 e. The van der Waals surface area contributed by atoms with Crippen molar-refractivity contribution < 1.29 is 9.63 Å². The van der Waals surface area contributed by atoms with Gasteiger partial charge in [0.25, 0.3) is 5.91 Å². The zero-order valence-electron chi connectivity index (χ0n) is 11.2. The Balaban J connectivity index is 1.91. The fourth-order valence-electron chi connectivity index (χ4n) is 1.74. The molecule has 0 fully saturated rings. The fourth-order valence-corrected chi connectivity index (χ4v) is 2.08. The van der Waals surface area contributed by atoms with Crippen molar-refractivity contribution in [1.82, 2.24) is 5.48 Å². The van der Waals surface area contributed by atoms with Gasteiger partial charge in [0.1, 0.15) is 4.32 Å². The number of rotatable bonds is 5. The van der Waals surface area contributed by atoms with E-state index in [1.165, 1.54) is 0 Å². The lowest BCUT2D eigenvalue weighted by Gasteiger charge is -2.21. The molecule has 0 radical (unpaired) electrons. The van der Waals surface area contributed by atoms with E-state index in [9.17, 15) is 4.79 Å². The molecule has 20 heavy (non-hydrogen) atoms. The Kier molecular flexibility index (Phi) is 4.93. The molecule has 1 amide bonds. The van der Waals surface area contributed by atoms with Gasteiger partial charge in [0.05, 0.1) is 6.61 Å². The highest BCUT2D eigenvalue weighted by Crippen LogP contribution is 2.30. The summed E-state index contributed by atoms with van der Waals surface area (Å²) in [7, 11) is 0. The molecule has 0 bridgehead atoms. The molecule has 0 saturated heterocycles. The summed E-state index contributed by atoms with van der Waals surface area (Å²) in [6.07, 6.45) is 0. The number of carbonyl (C=O) groups excluding carboxylic acids is 1. The van der Waals surface area contributed by atoms with Gasteiger partial charge in [-0.05, 0) is 18.1 Å². The summed E-state index contributed by atoms with van der Waals surface area (Å²) >= 11 is 3.45. The molecule has 2 aromatic carbocycles. The van der Waals surface area contributed by atoms with Crippen LogP contribution in [-0.2, 0) is 20.6 Å². The van der Waals surface area contributed by atoms with Crippen LogP contribution in [0.25, 0.3) is 0 Å². The quantitative estimate of drug-likeness (QED) is 0.671. The van der Waals surface area contributed by atoms with Gasteiger partial charge < -0.3 is 0 Å². The van der Waals surface area contributed by atoms with Gasteiger partial charge >= 0.3 is 0 Å². The third kappa shape index (κ3) is 3.68. The van der Waals surface area contributed by atoms with Crippen molar-refractivity contribution >= 4 is 21.8 Å². The molecule has 0 spiro atoms. The Hall–Kier alpha value is -1.65. The van der Waals surface area contributed by atoms with Crippen LogP contribution in [0.5, 0.6) is 0 Å². The van der Waals surface area contributed by atoms with E-state index >= 15 is 0 Å². The minimum atomic E-state index is -0.815. The van der Waals surface area contributed by atoms with Crippen LogP contribution in [0.4, 0.5) is 0 Å². The van der Waals surface area contributed by atoms with Crippen LogP contribution < -0.4 is 5.48 Å². The summed E-state index contributed by atoms with van der Waals surface area (Å²) in [6.45, 7) is 2.13. The highest BCUT2D eigenvalue weighted by molar-refractivity contribution is 9.10. The van der Waals surface area contributed by atoms with Gasteiger partial charge in [0.15, 0.2) is 0 Å². The Labute approximate surface area is 127 Å². The van der Waals surface area contributed by atoms with Crippen molar-refractivity contribution in [3.63, 3.8) is 0 Å². The van der Waals surface area contributed by atoms with Crippen molar-refractivity contribution in [3.8, 4) is 0 Å². The third-order valence-electron chi connectivity index (χ3n) is 2.99. The topological polar surface area (TPSA) is 38.3 Å². The Morgan fingerprint density at radius 2 is 1.65 bits per heavy atom. The zero-order valence-corrected chi connectivity index (χ0v) is 12.8. The highest BCUT2D eigenvalue weighted by atomic mass is 79.9. The molecule has 0 heterocycles. The van der Waals surface area contributed by atoms with Crippen molar-refractivity contribution in [1.29, 1.82) is 0 Å².